The van der Waals surface area contributed by atoms with Gasteiger partial charge in [-0.05, 0) is 65.1 Å². The van der Waals surface area contributed by atoms with Crippen LogP contribution in [0.3, 0.4) is 0 Å². The molecule has 2 aliphatic heterocycles. The van der Waals surface area contributed by atoms with Crippen LogP contribution in [0.4, 0.5) is 5.69 Å². The Morgan fingerprint density at radius 2 is 2.06 bits per heavy atom. The van der Waals surface area contributed by atoms with E-state index >= 15 is 0 Å². The minimum absolute atomic E-state index is 0.150. The number of rotatable bonds is 3. The summed E-state index contributed by atoms with van der Waals surface area (Å²) in [7, 11) is 1.82. The number of benzene rings is 1. The Balaban J connectivity index is 1.37. The number of piperidine rings is 1. The molecule has 8 heteroatoms. The maximum absolute atomic E-state index is 13.3. The first kappa shape index (κ1) is 19.6. The number of carbonyl (C=O) groups is 3. The lowest BCUT2D eigenvalue weighted by molar-refractivity contribution is -0.121. The van der Waals surface area contributed by atoms with Crippen molar-refractivity contribution < 1.29 is 14.4 Å². The molecule has 31 heavy (non-hydrogen) atoms. The molecule has 1 fully saturated rings. The van der Waals surface area contributed by atoms with Gasteiger partial charge in [0.25, 0.3) is 11.8 Å². The number of hydrogen-bond acceptors (Lipinski definition) is 4. The Morgan fingerprint density at radius 1 is 1.19 bits per heavy atom. The zero-order valence-corrected chi connectivity index (χ0v) is 17.8. The molecule has 4 heterocycles. The van der Waals surface area contributed by atoms with E-state index in [1.807, 2.05) is 48.3 Å². The van der Waals surface area contributed by atoms with Gasteiger partial charge < -0.3 is 20.1 Å². The van der Waals surface area contributed by atoms with Crippen molar-refractivity contribution >= 4 is 34.7 Å². The summed E-state index contributed by atoms with van der Waals surface area (Å²) >= 11 is 1.60. The number of amides is 3. The summed E-state index contributed by atoms with van der Waals surface area (Å²) in [6.07, 6.45) is 2.81. The molecular weight excluding hydrogens is 412 g/mol. The van der Waals surface area contributed by atoms with Gasteiger partial charge in [0.15, 0.2) is 0 Å². The number of anilines is 1. The highest BCUT2D eigenvalue weighted by molar-refractivity contribution is 7.08. The second kappa shape index (κ2) is 7.70. The number of aryl methyl sites for hydroxylation is 1. The van der Waals surface area contributed by atoms with E-state index in [1.54, 1.807) is 32.9 Å². The smallest absolute Gasteiger partial charge is 0.268 e. The predicted molar refractivity (Wildman–Crippen MR) is 119 cm³/mol. The minimum Gasteiger partial charge on any atom is -0.348 e. The molecule has 2 aromatic heterocycles. The lowest BCUT2D eigenvalue weighted by Crippen LogP contribution is -2.55. The van der Waals surface area contributed by atoms with Crippen LogP contribution in [0.2, 0.25) is 0 Å². The monoisotopic (exact) mass is 434 g/mol. The quantitative estimate of drug-likeness (QED) is 0.665. The number of aromatic nitrogens is 1. The molecule has 3 aromatic rings. The molecule has 1 aromatic carbocycles. The van der Waals surface area contributed by atoms with E-state index in [0.29, 0.717) is 36.3 Å². The van der Waals surface area contributed by atoms with Crippen molar-refractivity contribution in [2.24, 2.45) is 7.05 Å². The molecule has 1 saturated heterocycles. The first-order chi connectivity index (χ1) is 15.0. The van der Waals surface area contributed by atoms with Crippen LogP contribution in [0.15, 0.2) is 53.4 Å². The summed E-state index contributed by atoms with van der Waals surface area (Å²) < 4.78 is 1.76. The molecule has 0 unspecified atom stereocenters. The van der Waals surface area contributed by atoms with Crippen molar-refractivity contribution in [3.8, 4) is 11.1 Å². The number of fused-ring (bicyclic) bond motifs is 2. The van der Waals surface area contributed by atoms with Gasteiger partial charge in [0.1, 0.15) is 11.7 Å². The second-order valence-corrected chi connectivity index (χ2v) is 8.76. The summed E-state index contributed by atoms with van der Waals surface area (Å²) in [4.78, 5) is 40.5. The topological polar surface area (TPSA) is 83.4 Å². The third-order valence-electron chi connectivity index (χ3n) is 6.04. The van der Waals surface area contributed by atoms with E-state index in [2.05, 4.69) is 10.6 Å². The molecule has 5 rings (SSSR count). The maximum Gasteiger partial charge on any atom is 0.268 e. The molecule has 0 saturated carbocycles. The van der Waals surface area contributed by atoms with E-state index in [-0.39, 0.29) is 23.8 Å². The molecule has 2 atom stereocenters. The Bertz CT molecular complexity index is 1170. The Hall–Kier alpha value is -3.39. The van der Waals surface area contributed by atoms with Crippen LogP contribution in [-0.2, 0) is 11.8 Å². The summed E-state index contributed by atoms with van der Waals surface area (Å²) in [5, 5.41) is 9.97. The van der Waals surface area contributed by atoms with Crippen LogP contribution in [-0.4, -0.2) is 45.8 Å². The SMILES string of the molecule is Cn1cccc1C(=O)N[C@H]1CCN2C(=O)c3cc(-c4ccsc4)ccc3NC(=O)[C@@H]2C1. The highest BCUT2D eigenvalue weighted by atomic mass is 32.1. The molecule has 0 aliphatic carbocycles. The third kappa shape index (κ3) is 3.53. The fourth-order valence-corrected chi connectivity index (χ4v) is 5.02. The Labute approximate surface area is 183 Å². The largest absolute Gasteiger partial charge is 0.348 e. The average Bonchev–Trinajstić information content (AvgIpc) is 3.43. The van der Waals surface area contributed by atoms with Crippen LogP contribution >= 0.6 is 11.3 Å². The summed E-state index contributed by atoms with van der Waals surface area (Å²) in [6, 6.07) is 10.4. The van der Waals surface area contributed by atoms with E-state index in [4.69, 9.17) is 0 Å². The van der Waals surface area contributed by atoms with Gasteiger partial charge in [0.05, 0.1) is 11.3 Å². The van der Waals surface area contributed by atoms with Gasteiger partial charge >= 0.3 is 0 Å². The van der Waals surface area contributed by atoms with Crippen molar-refractivity contribution in [3.63, 3.8) is 0 Å². The van der Waals surface area contributed by atoms with Gasteiger partial charge in [-0.3, -0.25) is 14.4 Å². The highest BCUT2D eigenvalue weighted by Gasteiger charge is 2.40. The van der Waals surface area contributed by atoms with Gasteiger partial charge in [0.2, 0.25) is 5.91 Å². The lowest BCUT2D eigenvalue weighted by atomic mass is 9.95. The van der Waals surface area contributed by atoms with Crippen molar-refractivity contribution in [1.82, 2.24) is 14.8 Å². The first-order valence-electron chi connectivity index (χ1n) is 10.2. The van der Waals surface area contributed by atoms with E-state index in [9.17, 15) is 14.4 Å². The van der Waals surface area contributed by atoms with Crippen molar-refractivity contribution in [2.75, 3.05) is 11.9 Å². The molecule has 158 valence electrons. The van der Waals surface area contributed by atoms with Crippen molar-refractivity contribution in [2.45, 2.75) is 24.9 Å². The van der Waals surface area contributed by atoms with E-state index < -0.39 is 6.04 Å². The number of nitrogens with zero attached hydrogens (tertiary/aromatic N) is 2. The van der Waals surface area contributed by atoms with Gasteiger partial charge in [-0.15, -0.1) is 0 Å². The van der Waals surface area contributed by atoms with E-state index in [1.165, 1.54) is 0 Å². The van der Waals surface area contributed by atoms with Gasteiger partial charge in [-0.25, -0.2) is 0 Å². The Kier molecular flexibility index (Phi) is 4.86. The third-order valence-corrected chi connectivity index (χ3v) is 6.72. The van der Waals surface area contributed by atoms with Crippen LogP contribution in [0.5, 0.6) is 0 Å². The Morgan fingerprint density at radius 3 is 2.81 bits per heavy atom. The molecule has 0 bridgehead atoms. The van der Waals surface area contributed by atoms with Crippen molar-refractivity contribution in [3.05, 3.63) is 64.6 Å². The number of carbonyl (C=O) groups excluding carboxylic acids is 3. The summed E-state index contributed by atoms with van der Waals surface area (Å²) in [6.45, 7) is 0.414. The zero-order valence-electron chi connectivity index (χ0n) is 17.0. The molecule has 2 N–H and O–H groups in total. The average molecular weight is 435 g/mol. The number of thiophene rings is 1. The minimum atomic E-state index is -0.614. The molecule has 3 amide bonds. The van der Waals surface area contributed by atoms with Crippen LogP contribution in [0.1, 0.15) is 33.7 Å². The fourth-order valence-electron chi connectivity index (χ4n) is 4.35. The molecule has 7 nitrogen and oxygen atoms in total. The zero-order chi connectivity index (χ0) is 21.5. The maximum atomic E-state index is 13.3. The lowest BCUT2D eigenvalue weighted by Gasteiger charge is -2.37. The van der Waals surface area contributed by atoms with Gasteiger partial charge in [-0.1, -0.05) is 6.07 Å². The standard InChI is InChI=1S/C23H22N4O3S/c1-26-8-2-3-19(26)21(28)24-16-6-9-27-20(12-16)22(29)25-18-5-4-14(11-17(18)23(27)30)15-7-10-31-13-15/h2-5,7-8,10-11,13,16,20H,6,9,12H2,1H3,(H,24,28)(H,25,29)/t16-,20-/m0/s1. The highest BCUT2D eigenvalue weighted by Crippen LogP contribution is 2.32. The van der Waals surface area contributed by atoms with Crippen molar-refractivity contribution in [1.29, 1.82) is 0 Å². The van der Waals surface area contributed by atoms with E-state index in [0.717, 1.165) is 11.1 Å². The number of hydrogen-bond donors (Lipinski definition) is 2. The first-order valence-corrected chi connectivity index (χ1v) is 11.2. The number of nitrogens with one attached hydrogen (secondary N) is 2. The van der Waals surface area contributed by atoms with Crippen LogP contribution in [0.25, 0.3) is 11.1 Å². The summed E-state index contributed by atoms with van der Waals surface area (Å²) in [5.41, 5.74) is 3.61. The molecule has 0 spiro atoms. The normalized spacial score (nSPS) is 20.5. The molecule has 0 radical (unpaired) electrons. The summed E-state index contributed by atoms with van der Waals surface area (Å²) in [5.74, 6) is -0.536. The second-order valence-electron chi connectivity index (χ2n) is 7.98. The predicted octanol–water partition coefficient (Wildman–Crippen LogP) is 3.11. The van der Waals surface area contributed by atoms with Crippen LogP contribution in [0, 0.1) is 0 Å². The fraction of sp³-hybridized carbons (Fsp3) is 0.261. The van der Waals surface area contributed by atoms with Gasteiger partial charge in [-0.2, -0.15) is 11.3 Å². The molecule has 2 aliphatic rings. The van der Waals surface area contributed by atoms with Crippen LogP contribution < -0.4 is 10.6 Å². The molecular formula is C23H22N4O3S. The van der Waals surface area contributed by atoms with Gasteiger partial charge in [0, 0.05) is 25.8 Å².